The molecule has 4 amide bonds. The molecule has 0 spiro atoms. The van der Waals surface area contributed by atoms with Crippen LogP contribution in [0.4, 0.5) is 23.7 Å². The first kappa shape index (κ1) is 34.3. The van der Waals surface area contributed by atoms with Crippen LogP contribution >= 0.6 is 11.6 Å². The third kappa shape index (κ3) is 7.30. The monoisotopic (exact) mass is 640 g/mol. The number of carbonyl (C=O) groups excluding carboxylic acids is 4. The van der Waals surface area contributed by atoms with Crippen molar-refractivity contribution in [1.82, 2.24) is 15.1 Å². The summed E-state index contributed by atoms with van der Waals surface area (Å²) < 4.78 is 36.8. The molecule has 0 radical (unpaired) electrons. The molecule has 2 aliphatic heterocycles. The van der Waals surface area contributed by atoms with Gasteiger partial charge >= 0.3 is 24.1 Å². The van der Waals surface area contributed by atoms with Crippen LogP contribution in [0.1, 0.15) is 25.8 Å². The van der Waals surface area contributed by atoms with Crippen molar-refractivity contribution in [2.45, 2.75) is 44.6 Å². The quantitative estimate of drug-likeness (QED) is 0.291. The summed E-state index contributed by atoms with van der Waals surface area (Å²) in [5, 5.41) is 13.8. The number of likely N-dealkylation sites (tertiary alicyclic amines) is 1. The van der Waals surface area contributed by atoms with E-state index in [0.717, 1.165) is 5.56 Å². The molecule has 15 heteroatoms. The van der Waals surface area contributed by atoms with E-state index in [-0.39, 0.29) is 31.4 Å². The summed E-state index contributed by atoms with van der Waals surface area (Å²) >= 11 is 5.94. The van der Waals surface area contributed by atoms with E-state index >= 15 is 0 Å². The number of hydrogen-bond donors (Lipinski definition) is 3. The normalized spacial score (nSPS) is 22.5. The molecule has 0 saturated carbocycles. The highest BCUT2D eigenvalue weighted by atomic mass is 35.5. The van der Waals surface area contributed by atoms with Crippen LogP contribution in [0.2, 0.25) is 5.02 Å². The first-order valence-corrected chi connectivity index (χ1v) is 13.9. The van der Waals surface area contributed by atoms with Crippen molar-refractivity contribution in [2.75, 3.05) is 25.5 Å². The molecule has 2 saturated heterocycles. The van der Waals surface area contributed by atoms with Crippen LogP contribution in [0.15, 0.2) is 54.6 Å². The van der Waals surface area contributed by atoms with Crippen molar-refractivity contribution < 1.29 is 47.0 Å². The van der Waals surface area contributed by atoms with Gasteiger partial charge in [0.15, 0.2) is 0 Å². The number of carbonyl (C=O) groups is 5. The number of rotatable bonds is 8. The van der Waals surface area contributed by atoms with Crippen LogP contribution < -0.4 is 10.6 Å². The first-order chi connectivity index (χ1) is 20.7. The molecule has 2 fully saturated rings. The summed E-state index contributed by atoms with van der Waals surface area (Å²) in [6.07, 6.45) is -4.83. The van der Waals surface area contributed by atoms with Gasteiger partial charge < -0.3 is 20.1 Å². The number of nitrogens with one attached hydrogen (secondary N) is 2. The van der Waals surface area contributed by atoms with Crippen LogP contribution in [-0.4, -0.2) is 82.6 Å². The topological polar surface area (TPSA) is 145 Å². The molecule has 2 aromatic rings. The number of hydrogen-bond acceptors (Lipinski definition) is 7. The average molecular weight is 641 g/mol. The number of ether oxygens (including phenoxy) is 1. The molecule has 11 nitrogen and oxygen atoms in total. The van der Waals surface area contributed by atoms with Crippen molar-refractivity contribution in [3.8, 4) is 0 Å². The zero-order valence-electron chi connectivity index (χ0n) is 24.1. The second-order valence-electron chi connectivity index (χ2n) is 10.1. The zero-order valence-corrected chi connectivity index (χ0v) is 24.8. The maximum absolute atomic E-state index is 13.7. The van der Waals surface area contributed by atoms with E-state index in [0.29, 0.717) is 17.3 Å². The van der Waals surface area contributed by atoms with Crippen molar-refractivity contribution in [2.24, 2.45) is 11.8 Å². The van der Waals surface area contributed by atoms with Crippen molar-refractivity contribution in [3.05, 3.63) is 65.2 Å². The van der Waals surface area contributed by atoms with Gasteiger partial charge in [0.2, 0.25) is 11.8 Å². The molecule has 2 aliphatic rings. The molecule has 0 aromatic heterocycles. The van der Waals surface area contributed by atoms with E-state index in [1.54, 1.807) is 36.1 Å². The van der Waals surface area contributed by atoms with Crippen LogP contribution in [0.5, 0.6) is 0 Å². The molecule has 44 heavy (non-hydrogen) atoms. The molecular weight excluding hydrogens is 609 g/mol. The van der Waals surface area contributed by atoms with Crippen molar-refractivity contribution >= 4 is 47.1 Å². The molecular formula is C29H32ClF3N4O7. The lowest BCUT2D eigenvalue weighted by molar-refractivity contribution is -0.192. The van der Waals surface area contributed by atoms with Crippen LogP contribution in [-0.2, 0) is 30.5 Å². The van der Waals surface area contributed by atoms with E-state index in [1.807, 2.05) is 37.3 Å². The second kappa shape index (κ2) is 14.1. The highest BCUT2D eigenvalue weighted by Crippen LogP contribution is 2.45. The molecule has 238 valence electrons. The molecule has 3 N–H and O–H groups in total. The average Bonchev–Trinajstić information content (AvgIpc) is 3.46. The number of amides is 4. The number of alkyl halides is 3. The van der Waals surface area contributed by atoms with Crippen molar-refractivity contribution in [1.29, 1.82) is 0 Å². The predicted molar refractivity (Wildman–Crippen MR) is 152 cm³/mol. The van der Waals surface area contributed by atoms with E-state index in [2.05, 4.69) is 10.6 Å². The van der Waals surface area contributed by atoms with Gasteiger partial charge in [-0.25, -0.2) is 9.59 Å². The lowest BCUT2D eigenvalue weighted by Gasteiger charge is -2.32. The number of urea groups is 1. The van der Waals surface area contributed by atoms with E-state index < -0.39 is 47.4 Å². The molecule has 0 aliphatic carbocycles. The SMILES string of the molecule is CCN(C[C@H]1N[C@@](CC)(C(=O)OC)[C@H]2C(=O)N(Cc3ccccc3)C(=O)[C@@H]12)C(=O)Nc1ccc(Cl)cc1.O=C(O)C(F)(F)F. The smallest absolute Gasteiger partial charge is 0.475 e. The summed E-state index contributed by atoms with van der Waals surface area (Å²) in [6.45, 7) is 4.19. The minimum Gasteiger partial charge on any atom is -0.475 e. The second-order valence-corrected chi connectivity index (χ2v) is 10.5. The number of nitrogens with zero attached hydrogens (tertiary/aromatic N) is 2. The van der Waals surface area contributed by atoms with Crippen molar-refractivity contribution in [3.63, 3.8) is 0 Å². The van der Waals surface area contributed by atoms with Gasteiger partial charge in [-0.15, -0.1) is 0 Å². The van der Waals surface area contributed by atoms with Gasteiger partial charge in [0.25, 0.3) is 0 Å². The third-order valence-corrected chi connectivity index (χ3v) is 7.82. The predicted octanol–water partition coefficient (Wildman–Crippen LogP) is 3.92. The molecule has 2 heterocycles. The number of aliphatic carboxylic acids is 1. The number of carboxylic acids is 1. The number of fused-ring (bicyclic) bond motifs is 1. The van der Waals surface area contributed by atoms with Crippen LogP contribution in [0, 0.1) is 11.8 Å². The number of methoxy groups -OCH3 is 1. The van der Waals surface area contributed by atoms with Gasteiger partial charge in [0.1, 0.15) is 5.54 Å². The maximum Gasteiger partial charge on any atom is 0.490 e. The summed E-state index contributed by atoms with van der Waals surface area (Å²) in [5.41, 5.74) is 0.0176. The Hall–Kier alpha value is -4.17. The standard InChI is InChI=1S/C27H31ClN4O5.C2HF3O2/c1-4-27(25(35)37-3)22-21(23(33)32(24(22)34)15-17-9-7-6-8-10-17)20(30-27)16-31(5-2)26(36)29-19-13-11-18(28)12-14-19;3-2(4,5)1(6)7/h6-14,20-22,30H,4-5,15-16H2,1-3H3,(H,29,36);(H,6,7)/t20-,21+,22-,27-;/m1./s1. The minimum absolute atomic E-state index is 0.119. The summed E-state index contributed by atoms with van der Waals surface area (Å²) in [7, 11) is 1.27. The van der Waals surface area contributed by atoms with Gasteiger partial charge in [-0.1, -0.05) is 48.9 Å². The number of benzene rings is 2. The van der Waals surface area contributed by atoms with Crippen LogP contribution in [0.3, 0.4) is 0 Å². The Balaban J connectivity index is 0.000000676. The Bertz CT molecular complexity index is 1380. The van der Waals surface area contributed by atoms with Gasteiger partial charge in [0.05, 0.1) is 25.5 Å². The van der Waals surface area contributed by atoms with Gasteiger partial charge in [0, 0.05) is 29.8 Å². The zero-order chi connectivity index (χ0) is 32.8. The maximum atomic E-state index is 13.7. The van der Waals surface area contributed by atoms with Crippen LogP contribution in [0.25, 0.3) is 0 Å². The Morgan fingerprint density at radius 2 is 1.66 bits per heavy atom. The molecule has 0 bridgehead atoms. The third-order valence-electron chi connectivity index (χ3n) is 7.56. The van der Waals surface area contributed by atoms with Gasteiger partial charge in [-0.3, -0.25) is 24.6 Å². The highest BCUT2D eigenvalue weighted by molar-refractivity contribution is 6.30. The molecule has 0 unspecified atom stereocenters. The number of carboxylic acid groups (broad SMARTS) is 1. The van der Waals surface area contributed by atoms with Gasteiger partial charge in [-0.2, -0.15) is 13.2 Å². The van der Waals surface area contributed by atoms with E-state index in [9.17, 15) is 32.3 Å². The minimum atomic E-state index is -5.08. The van der Waals surface area contributed by atoms with Gasteiger partial charge in [-0.05, 0) is 43.2 Å². The lowest BCUT2D eigenvalue weighted by Crippen LogP contribution is -2.58. The molecule has 4 atom stereocenters. The lowest BCUT2D eigenvalue weighted by atomic mass is 9.78. The highest BCUT2D eigenvalue weighted by Gasteiger charge is 2.67. The Kier molecular flexibility index (Phi) is 11.0. The summed E-state index contributed by atoms with van der Waals surface area (Å²) in [6, 6.07) is 15.0. The Morgan fingerprint density at radius 1 is 1.07 bits per heavy atom. The Labute approximate surface area is 256 Å². The molecule has 4 rings (SSSR count). The fourth-order valence-electron chi connectivity index (χ4n) is 5.43. The number of esters is 1. The number of likely N-dealkylation sites (N-methyl/N-ethyl adjacent to an activating group) is 1. The number of halogens is 4. The largest absolute Gasteiger partial charge is 0.490 e. The fraction of sp³-hybridized carbons (Fsp3) is 0.414. The fourth-order valence-corrected chi connectivity index (χ4v) is 5.55. The number of anilines is 1. The molecule has 2 aromatic carbocycles. The Morgan fingerprint density at radius 3 is 2.16 bits per heavy atom. The summed E-state index contributed by atoms with van der Waals surface area (Å²) in [4.78, 5) is 65.1. The van der Waals surface area contributed by atoms with E-state index in [1.165, 1.54) is 12.0 Å². The first-order valence-electron chi connectivity index (χ1n) is 13.6. The summed E-state index contributed by atoms with van der Waals surface area (Å²) in [5.74, 6) is -5.85. The van der Waals surface area contributed by atoms with E-state index in [4.69, 9.17) is 26.2 Å². The number of imide groups is 1.